The third kappa shape index (κ3) is 5.90. The summed E-state index contributed by atoms with van der Waals surface area (Å²) >= 11 is 5.92. The van der Waals surface area contributed by atoms with Crippen LogP contribution in [0, 0.1) is 11.7 Å². The number of hydrogen-bond donors (Lipinski definition) is 2. The first-order valence-electron chi connectivity index (χ1n) is 11.1. The van der Waals surface area contributed by atoms with Gasteiger partial charge in [0, 0.05) is 11.6 Å². The van der Waals surface area contributed by atoms with Crippen LogP contribution in [-0.2, 0) is 17.8 Å². The maximum atomic E-state index is 13.1. The molecule has 1 aromatic heterocycles. The summed E-state index contributed by atoms with van der Waals surface area (Å²) in [5.74, 6) is -2.50. The van der Waals surface area contributed by atoms with Gasteiger partial charge in [-0.25, -0.2) is 9.07 Å². The molecule has 7 nitrogen and oxygen atoms in total. The van der Waals surface area contributed by atoms with Gasteiger partial charge >= 0.3 is 5.97 Å². The van der Waals surface area contributed by atoms with Crippen molar-refractivity contribution in [2.24, 2.45) is 5.92 Å². The molecule has 0 aliphatic heterocycles. The molecule has 1 heterocycles. The van der Waals surface area contributed by atoms with Crippen molar-refractivity contribution in [3.05, 3.63) is 93.5 Å². The van der Waals surface area contributed by atoms with Crippen LogP contribution >= 0.6 is 11.6 Å². The van der Waals surface area contributed by atoms with Gasteiger partial charge in [-0.15, -0.1) is 5.10 Å². The predicted molar refractivity (Wildman–Crippen MR) is 131 cm³/mol. The molecule has 0 fully saturated rings. The van der Waals surface area contributed by atoms with Gasteiger partial charge in [0.05, 0.1) is 17.4 Å². The van der Waals surface area contributed by atoms with E-state index in [-0.39, 0.29) is 25.2 Å². The van der Waals surface area contributed by atoms with Crippen LogP contribution < -0.4 is 5.56 Å². The standard InChI is InChI=1S/C26H23ClFN3O4/c27-19-8-11-21-23(15-19)29-30-31(25(21)33)14-13-22(26(34)35)24(32)12-3-16-1-4-17(5-2-16)18-6-9-20(28)10-7-18/h1-2,4-11,15,22,24,32H,3,12-14H2,(H,34,35)/t22-,24+/m0/s1. The van der Waals surface area contributed by atoms with Crippen LogP contribution in [0.2, 0.25) is 5.02 Å². The zero-order valence-electron chi connectivity index (χ0n) is 18.6. The summed E-state index contributed by atoms with van der Waals surface area (Å²) in [4.78, 5) is 24.4. The minimum Gasteiger partial charge on any atom is -0.481 e. The average Bonchev–Trinajstić information content (AvgIpc) is 2.84. The van der Waals surface area contributed by atoms with Crippen molar-refractivity contribution in [3.8, 4) is 11.1 Å². The van der Waals surface area contributed by atoms with E-state index in [0.717, 1.165) is 21.4 Å². The zero-order valence-corrected chi connectivity index (χ0v) is 19.4. The van der Waals surface area contributed by atoms with E-state index in [1.54, 1.807) is 24.3 Å². The number of carbonyl (C=O) groups is 1. The van der Waals surface area contributed by atoms with E-state index in [4.69, 9.17) is 11.6 Å². The number of carboxylic acids is 1. The molecule has 3 aromatic carbocycles. The molecule has 0 aliphatic rings. The molecular formula is C26H23ClFN3O4. The Kier molecular flexibility index (Phi) is 7.53. The average molecular weight is 496 g/mol. The SMILES string of the molecule is O=C(O)[C@@H](CCn1nnc2cc(Cl)ccc2c1=O)[C@H](O)CCc1ccc(-c2ccc(F)cc2)cc1. The van der Waals surface area contributed by atoms with Gasteiger partial charge in [0.1, 0.15) is 11.3 Å². The molecule has 35 heavy (non-hydrogen) atoms. The molecule has 0 bridgehead atoms. The molecule has 0 saturated heterocycles. The van der Waals surface area contributed by atoms with E-state index < -0.39 is 23.6 Å². The highest BCUT2D eigenvalue weighted by Gasteiger charge is 2.26. The number of aliphatic hydroxyl groups excluding tert-OH is 1. The molecule has 4 rings (SSSR count). The summed E-state index contributed by atoms with van der Waals surface area (Å²) in [6.45, 7) is 0.00476. The Morgan fingerprint density at radius 1 is 1.00 bits per heavy atom. The first-order chi connectivity index (χ1) is 16.8. The van der Waals surface area contributed by atoms with Gasteiger partial charge in [0.2, 0.25) is 0 Å². The van der Waals surface area contributed by atoms with Gasteiger partial charge in [0.25, 0.3) is 5.56 Å². The molecule has 0 aliphatic carbocycles. The third-order valence-corrected chi connectivity index (χ3v) is 6.21. The highest BCUT2D eigenvalue weighted by Crippen LogP contribution is 2.22. The second-order valence-electron chi connectivity index (χ2n) is 8.32. The molecular weight excluding hydrogens is 473 g/mol. The molecule has 4 aromatic rings. The normalized spacial score (nSPS) is 13.0. The van der Waals surface area contributed by atoms with E-state index in [1.807, 2.05) is 24.3 Å². The van der Waals surface area contributed by atoms with Crippen molar-refractivity contribution in [2.45, 2.75) is 31.9 Å². The van der Waals surface area contributed by atoms with E-state index in [9.17, 15) is 24.2 Å². The molecule has 9 heteroatoms. The number of aliphatic hydroxyl groups is 1. The first kappa shape index (κ1) is 24.5. The van der Waals surface area contributed by atoms with Crippen LogP contribution in [0.5, 0.6) is 0 Å². The fraction of sp³-hybridized carbons (Fsp3) is 0.231. The summed E-state index contributed by atoms with van der Waals surface area (Å²) in [6.07, 6.45) is -0.366. The number of rotatable bonds is 9. The zero-order chi connectivity index (χ0) is 24.9. The van der Waals surface area contributed by atoms with Crippen molar-refractivity contribution in [2.75, 3.05) is 0 Å². The number of nitrogens with zero attached hydrogens (tertiary/aromatic N) is 3. The van der Waals surface area contributed by atoms with Gasteiger partial charge < -0.3 is 10.2 Å². The molecule has 0 amide bonds. The summed E-state index contributed by atoms with van der Waals surface area (Å²) in [5, 5.41) is 28.9. The van der Waals surface area contributed by atoms with Crippen molar-refractivity contribution in [3.63, 3.8) is 0 Å². The quantitative estimate of drug-likeness (QED) is 0.358. The lowest BCUT2D eigenvalue weighted by atomic mass is 9.93. The van der Waals surface area contributed by atoms with E-state index in [0.29, 0.717) is 22.3 Å². The van der Waals surface area contributed by atoms with Crippen LogP contribution in [0.1, 0.15) is 18.4 Å². The number of aliphatic carboxylic acids is 1. The maximum Gasteiger partial charge on any atom is 0.309 e. The molecule has 2 atom stereocenters. The second kappa shape index (κ2) is 10.8. The third-order valence-electron chi connectivity index (χ3n) is 5.98. The molecule has 0 spiro atoms. The summed E-state index contributed by atoms with van der Waals surface area (Å²) in [6, 6.07) is 18.5. The second-order valence-corrected chi connectivity index (χ2v) is 8.76. The van der Waals surface area contributed by atoms with Crippen LogP contribution in [-0.4, -0.2) is 37.3 Å². The number of carboxylic acid groups (broad SMARTS) is 1. The van der Waals surface area contributed by atoms with E-state index >= 15 is 0 Å². The summed E-state index contributed by atoms with van der Waals surface area (Å²) in [5.41, 5.74) is 2.72. The maximum absolute atomic E-state index is 13.1. The Morgan fingerprint density at radius 3 is 2.31 bits per heavy atom. The van der Waals surface area contributed by atoms with Crippen molar-refractivity contribution in [1.29, 1.82) is 0 Å². The van der Waals surface area contributed by atoms with Crippen molar-refractivity contribution in [1.82, 2.24) is 15.0 Å². The number of hydrogen-bond acceptors (Lipinski definition) is 5. The lowest BCUT2D eigenvalue weighted by Gasteiger charge is -2.19. The number of halogens is 2. The van der Waals surface area contributed by atoms with E-state index in [2.05, 4.69) is 10.3 Å². The highest BCUT2D eigenvalue weighted by molar-refractivity contribution is 6.31. The highest BCUT2D eigenvalue weighted by atomic mass is 35.5. The number of benzene rings is 3. The van der Waals surface area contributed by atoms with E-state index in [1.165, 1.54) is 18.2 Å². The Balaban J connectivity index is 1.38. The smallest absolute Gasteiger partial charge is 0.309 e. The lowest BCUT2D eigenvalue weighted by Crippen LogP contribution is -2.32. The summed E-state index contributed by atoms with van der Waals surface area (Å²) in [7, 11) is 0. The first-order valence-corrected chi connectivity index (χ1v) is 11.5. The van der Waals surface area contributed by atoms with Gasteiger partial charge in [-0.05, 0) is 66.3 Å². The monoisotopic (exact) mass is 495 g/mol. The van der Waals surface area contributed by atoms with Gasteiger partial charge in [0.15, 0.2) is 0 Å². The molecule has 0 radical (unpaired) electrons. The predicted octanol–water partition coefficient (Wildman–Crippen LogP) is 4.34. The van der Waals surface area contributed by atoms with Crippen molar-refractivity contribution >= 4 is 28.5 Å². The Bertz CT molecular complexity index is 1390. The Hall–Kier alpha value is -3.62. The number of aryl methyl sites for hydroxylation is 2. The Morgan fingerprint density at radius 2 is 1.66 bits per heavy atom. The van der Waals surface area contributed by atoms with Crippen LogP contribution in [0.3, 0.4) is 0 Å². The molecule has 0 saturated carbocycles. The minimum absolute atomic E-state index is 0.00476. The Labute approximate surface area is 205 Å². The fourth-order valence-corrected chi connectivity index (χ4v) is 4.13. The molecule has 2 N–H and O–H groups in total. The van der Waals surface area contributed by atoms with Crippen molar-refractivity contribution < 1.29 is 19.4 Å². The fourth-order valence-electron chi connectivity index (χ4n) is 3.96. The molecule has 0 unspecified atom stereocenters. The molecule has 180 valence electrons. The summed E-state index contributed by atoms with van der Waals surface area (Å²) < 4.78 is 14.2. The van der Waals surface area contributed by atoms with Gasteiger partial charge in [-0.3, -0.25) is 9.59 Å². The van der Waals surface area contributed by atoms with Gasteiger partial charge in [-0.2, -0.15) is 0 Å². The number of fused-ring (bicyclic) bond motifs is 1. The van der Waals surface area contributed by atoms with Gasteiger partial charge in [-0.1, -0.05) is 53.2 Å². The minimum atomic E-state index is -1.14. The van der Waals surface area contributed by atoms with Crippen LogP contribution in [0.15, 0.2) is 71.5 Å². The largest absolute Gasteiger partial charge is 0.481 e. The lowest BCUT2D eigenvalue weighted by molar-refractivity contribution is -0.146. The number of aromatic nitrogens is 3. The van der Waals surface area contributed by atoms with Crippen LogP contribution in [0.25, 0.3) is 22.0 Å². The van der Waals surface area contributed by atoms with Crippen LogP contribution in [0.4, 0.5) is 4.39 Å². The topological polar surface area (TPSA) is 105 Å².